The molecule has 0 saturated carbocycles. The van der Waals surface area contributed by atoms with Gasteiger partial charge in [-0.3, -0.25) is 4.79 Å². The first-order valence-corrected chi connectivity index (χ1v) is 9.07. The van der Waals surface area contributed by atoms with Crippen LogP contribution in [-0.2, 0) is 4.74 Å². The van der Waals surface area contributed by atoms with Crippen molar-refractivity contribution in [1.29, 1.82) is 0 Å². The lowest BCUT2D eigenvalue weighted by atomic mass is 10.00. The van der Waals surface area contributed by atoms with E-state index in [2.05, 4.69) is 4.98 Å². The lowest BCUT2D eigenvalue weighted by Gasteiger charge is -2.10. The van der Waals surface area contributed by atoms with Gasteiger partial charge in [0.2, 0.25) is 5.78 Å². The molecule has 0 bridgehead atoms. The molecule has 0 unspecified atom stereocenters. The number of ether oxygens (including phenoxy) is 1. The maximum absolute atomic E-state index is 12.7. The molecule has 0 aliphatic carbocycles. The highest BCUT2D eigenvalue weighted by Gasteiger charge is 2.19. The normalized spacial score (nSPS) is 10.8. The highest BCUT2D eigenvalue weighted by molar-refractivity contribution is 6.10. The summed E-state index contributed by atoms with van der Waals surface area (Å²) in [5.41, 5.74) is 4.38. The Bertz CT molecular complexity index is 1160. The Labute approximate surface area is 162 Å². The molecule has 3 aromatic carbocycles. The van der Waals surface area contributed by atoms with E-state index >= 15 is 0 Å². The van der Waals surface area contributed by atoms with E-state index in [-0.39, 0.29) is 12.4 Å². The lowest BCUT2D eigenvalue weighted by molar-refractivity contribution is 0.0475. The molecular formula is C24H19NO3. The predicted molar refractivity (Wildman–Crippen MR) is 110 cm³/mol. The highest BCUT2D eigenvalue weighted by Crippen LogP contribution is 2.25. The molecule has 1 N–H and O–H groups in total. The Morgan fingerprint density at radius 1 is 0.857 bits per heavy atom. The van der Waals surface area contributed by atoms with Crippen molar-refractivity contribution in [3.8, 4) is 11.1 Å². The zero-order valence-corrected chi connectivity index (χ0v) is 15.4. The summed E-state index contributed by atoms with van der Waals surface area (Å²) in [6.45, 7) is 1.55. The third-order valence-electron chi connectivity index (χ3n) is 4.74. The maximum Gasteiger partial charge on any atom is 0.339 e. The second kappa shape index (κ2) is 7.53. The zero-order valence-electron chi connectivity index (χ0n) is 15.4. The number of H-pyrrole nitrogens is 1. The number of carbonyl (C=O) groups excluding carboxylic acids is 2. The number of aromatic amines is 1. The van der Waals surface area contributed by atoms with Crippen molar-refractivity contribution in [2.45, 2.75) is 6.92 Å². The Kier molecular flexibility index (Phi) is 4.77. The molecule has 0 fully saturated rings. The number of ketones is 1. The highest BCUT2D eigenvalue weighted by atomic mass is 16.5. The Balaban J connectivity index is 1.56. The number of esters is 1. The molecule has 0 aliphatic rings. The van der Waals surface area contributed by atoms with Gasteiger partial charge in [-0.25, -0.2) is 4.79 Å². The van der Waals surface area contributed by atoms with Gasteiger partial charge < -0.3 is 9.72 Å². The molecule has 0 atom stereocenters. The van der Waals surface area contributed by atoms with Crippen molar-refractivity contribution in [2.75, 3.05) is 6.61 Å². The third-order valence-corrected chi connectivity index (χ3v) is 4.74. The smallest absolute Gasteiger partial charge is 0.339 e. The number of hydrogen-bond acceptors (Lipinski definition) is 3. The molecular weight excluding hydrogens is 350 g/mol. The molecule has 4 nitrogen and oxygen atoms in total. The average molecular weight is 369 g/mol. The van der Waals surface area contributed by atoms with E-state index in [1.807, 2.05) is 73.7 Å². The van der Waals surface area contributed by atoms with E-state index in [0.717, 1.165) is 27.7 Å². The van der Waals surface area contributed by atoms with Crippen molar-refractivity contribution in [3.05, 3.63) is 95.7 Å². The number of aromatic nitrogens is 1. The van der Waals surface area contributed by atoms with Crippen LogP contribution in [0.15, 0.2) is 78.9 Å². The van der Waals surface area contributed by atoms with E-state index in [1.54, 1.807) is 12.1 Å². The first-order chi connectivity index (χ1) is 13.6. The van der Waals surface area contributed by atoms with Gasteiger partial charge in [-0.15, -0.1) is 0 Å². The summed E-state index contributed by atoms with van der Waals surface area (Å²) in [7, 11) is 0. The number of Topliss-reactive ketones (excluding diaryl/α,β-unsaturated/α-hetero) is 1. The maximum atomic E-state index is 12.7. The van der Waals surface area contributed by atoms with Crippen LogP contribution in [0, 0.1) is 6.92 Å². The molecule has 1 heterocycles. The molecule has 0 radical (unpaired) electrons. The number of nitrogens with one attached hydrogen (secondary N) is 1. The fourth-order valence-corrected chi connectivity index (χ4v) is 3.45. The molecule has 28 heavy (non-hydrogen) atoms. The number of fused-ring (bicyclic) bond motifs is 1. The number of benzene rings is 3. The summed E-state index contributed by atoms with van der Waals surface area (Å²) in [6, 6.07) is 24.5. The molecule has 138 valence electrons. The van der Waals surface area contributed by atoms with Crippen molar-refractivity contribution in [3.63, 3.8) is 0 Å². The number of para-hydroxylation sites is 1. The van der Waals surface area contributed by atoms with Crippen LogP contribution in [0.4, 0.5) is 0 Å². The van der Waals surface area contributed by atoms with Gasteiger partial charge in [-0.1, -0.05) is 66.7 Å². The van der Waals surface area contributed by atoms with Crippen LogP contribution in [0.25, 0.3) is 22.0 Å². The van der Waals surface area contributed by atoms with Crippen LogP contribution in [0.5, 0.6) is 0 Å². The minimum absolute atomic E-state index is 0.222. The summed E-state index contributed by atoms with van der Waals surface area (Å²) in [5.74, 6) is -0.731. The van der Waals surface area contributed by atoms with Gasteiger partial charge >= 0.3 is 5.97 Å². The van der Waals surface area contributed by atoms with Gasteiger partial charge in [-0.2, -0.15) is 0 Å². The first kappa shape index (κ1) is 17.7. The van der Waals surface area contributed by atoms with E-state index in [0.29, 0.717) is 11.1 Å². The minimum atomic E-state index is -0.509. The first-order valence-electron chi connectivity index (χ1n) is 9.07. The van der Waals surface area contributed by atoms with Crippen LogP contribution in [0.1, 0.15) is 26.4 Å². The Morgan fingerprint density at radius 2 is 1.54 bits per heavy atom. The van der Waals surface area contributed by atoms with Gasteiger partial charge in [0, 0.05) is 22.2 Å². The average Bonchev–Trinajstić information content (AvgIpc) is 3.08. The topological polar surface area (TPSA) is 59.2 Å². The van der Waals surface area contributed by atoms with E-state index < -0.39 is 5.97 Å². The number of rotatable bonds is 5. The Hall–Kier alpha value is -3.66. The molecule has 0 spiro atoms. The van der Waals surface area contributed by atoms with Crippen LogP contribution < -0.4 is 0 Å². The molecule has 4 rings (SSSR count). The zero-order chi connectivity index (χ0) is 19.5. The molecule has 4 heteroatoms. The SMILES string of the molecule is Cc1[nH]c2ccccc2c1C(=O)COC(=O)c1ccccc1-c1ccccc1. The van der Waals surface area contributed by atoms with Crippen molar-refractivity contribution >= 4 is 22.7 Å². The van der Waals surface area contributed by atoms with Gasteiger partial charge in [-0.05, 0) is 30.2 Å². The van der Waals surface area contributed by atoms with Crippen LogP contribution in [0.2, 0.25) is 0 Å². The largest absolute Gasteiger partial charge is 0.454 e. The van der Waals surface area contributed by atoms with Crippen molar-refractivity contribution in [2.24, 2.45) is 0 Å². The Morgan fingerprint density at radius 3 is 2.36 bits per heavy atom. The summed E-state index contributed by atoms with van der Waals surface area (Å²) in [6.07, 6.45) is 0. The second-order valence-electron chi connectivity index (χ2n) is 6.58. The van der Waals surface area contributed by atoms with Gasteiger partial charge in [0.1, 0.15) is 0 Å². The summed E-state index contributed by atoms with van der Waals surface area (Å²) >= 11 is 0. The summed E-state index contributed by atoms with van der Waals surface area (Å²) < 4.78 is 5.38. The quantitative estimate of drug-likeness (QED) is 0.389. The van der Waals surface area contributed by atoms with Crippen LogP contribution in [0.3, 0.4) is 0 Å². The third kappa shape index (κ3) is 3.32. The fraction of sp³-hybridized carbons (Fsp3) is 0.0833. The summed E-state index contributed by atoms with van der Waals surface area (Å²) in [5, 5.41) is 0.839. The van der Waals surface area contributed by atoms with Gasteiger partial charge in [0.25, 0.3) is 0 Å². The minimum Gasteiger partial charge on any atom is -0.454 e. The second-order valence-corrected chi connectivity index (χ2v) is 6.58. The number of hydrogen-bond donors (Lipinski definition) is 1. The van der Waals surface area contributed by atoms with Gasteiger partial charge in [0.15, 0.2) is 6.61 Å². The van der Waals surface area contributed by atoms with E-state index in [1.165, 1.54) is 0 Å². The van der Waals surface area contributed by atoms with Crippen LogP contribution in [-0.4, -0.2) is 23.3 Å². The van der Waals surface area contributed by atoms with E-state index in [9.17, 15) is 9.59 Å². The molecule has 0 saturated heterocycles. The molecule has 0 aliphatic heterocycles. The van der Waals surface area contributed by atoms with Crippen molar-refractivity contribution in [1.82, 2.24) is 4.98 Å². The lowest BCUT2D eigenvalue weighted by Crippen LogP contribution is -2.15. The number of aryl methyl sites for hydroxylation is 1. The predicted octanol–water partition coefficient (Wildman–Crippen LogP) is 5.18. The standard InChI is InChI=1S/C24H19NO3/c1-16-23(20-13-7-8-14-21(20)25-16)22(26)15-28-24(27)19-12-6-5-11-18(19)17-9-3-2-4-10-17/h2-14,25H,15H2,1H3. The van der Waals surface area contributed by atoms with Crippen molar-refractivity contribution < 1.29 is 14.3 Å². The van der Waals surface area contributed by atoms with Crippen LogP contribution >= 0.6 is 0 Å². The molecule has 1 aromatic heterocycles. The van der Waals surface area contributed by atoms with Gasteiger partial charge in [0.05, 0.1) is 5.56 Å². The summed E-state index contributed by atoms with van der Waals surface area (Å²) in [4.78, 5) is 28.6. The number of carbonyl (C=O) groups is 2. The molecule has 0 amide bonds. The fourth-order valence-electron chi connectivity index (χ4n) is 3.45. The monoisotopic (exact) mass is 369 g/mol. The van der Waals surface area contributed by atoms with E-state index in [4.69, 9.17) is 4.74 Å². The molecule has 4 aromatic rings.